The predicted octanol–water partition coefficient (Wildman–Crippen LogP) is 1.54. The van der Waals surface area contributed by atoms with Crippen LogP contribution in [0.5, 0.6) is 5.75 Å². The fourth-order valence-corrected chi connectivity index (χ4v) is 1.55. The van der Waals surface area contributed by atoms with Crippen LogP contribution in [-0.4, -0.2) is 31.2 Å². The number of hydrogen-bond acceptors (Lipinski definition) is 4. The van der Waals surface area contributed by atoms with E-state index in [9.17, 15) is 4.79 Å². The van der Waals surface area contributed by atoms with E-state index in [0.717, 1.165) is 10.9 Å². The van der Waals surface area contributed by atoms with Crippen LogP contribution in [0.2, 0.25) is 0 Å². The topological polar surface area (TPSA) is 63.2 Å². The van der Waals surface area contributed by atoms with Gasteiger partial charge in [0.05, 0.1) is 5.52 Å². The smallest absolute Gasteiger partial charge is 0.410 e. The maximum atomic E-state index is 11.4. The van der Waals surface area contributed by atoms with Gasteiger partial charge in [-0.25, -0.2) is 4.79 Å². The number of rotatable bonds is 4. The number of likely N-dealkylation sites (N-methyl/N-ethyl adjacent to an activating group) is 1. The van der Waals surface area contributed by atoms with Gasteiger partial charge in [-0.05, 0) is 31.3 Å². The molecule has 1 aromatic heterocycles. The molecular weight excluding hydrogens is 230 g/mol. The maximum absolute atomic E-state index is 11.4. The number of pyridine rings is 1. The highest BCUT2D eigenvalue weighted by Gasteiger charge is 2.04. The lowest BCUT2D eigenvalue weighted by Crippen LogP contribution is -2.32. The zero-order valence-corrected chi connectivity index (χ0v) is 10.1. The molecule has 2 rings (SSSR count). The van der Waals surface area contributed by atoms with Crippen LogP contribution < -0.4 is 15.4 Å². The monoisotopic (exact) mass is 245 g/mol. The van der Waals surface area contributed by atoms with Crippen molar-refractivity contribution in [3.8, 4) is 5.75 Å². The third-order valence-electron chi connectivity index (χ3n) is 2.43. The minimum absolute atomic E-state index is 0.450. The SMILES string of the molecule is CNCCNC(=O)Oc1ccc2ncccc2c1. The van der Waals surface area contributed by atoms with Crippen LogP contribution in [0, 0.1) is 0 Å². The molecule has 5 heteroatoms. The summed E-state index contributed by atoms with van der Waals surface area (Å²) in [6, 6.07) is 9.12. The second-order valence-electron chi connectivity index (χ2n) is 3.78. The van der Waals surface area contributed by atoms with Gasteiger partial charge in [0.1, 0.15) is 5.75 Å². The van der Waals surface area contributed by atoms with Gasteiger partial charge in [0.2, 0.25) is 0 Å². The van der Waals surface area contributed by atoms with Crippen molar-refractivity contribution in [2.24, 2.45) is 0 Å². The zero-order valence-electron chi connectivity index (χ0n) is 10.1. The summed E-state index contributed by atoms with van der Waals surface area (Å²) in [6.45, 7) is 1.24. The number of amides is 1. The number of carbonyl (C=O) groups is 1. The van der Waals surface area contributed by atoms with E-state index in [4.69, 9.17) is 4.74 Å². The van der Waals surface area contributed by atoms with Gasteiger partial charge in [-0.1, -0.05) is 6.07 Å². The number of benzene rings is 1. The molecule has 1 heterocycles. The number of aromatic nitrogens is 1. The van der Waals surface area contributed by atoms with Crippen molar-refractivity contribution in [3.05, 3.63) is 36.5 Å². The minimum atomic E-state index is -0.450. The first-order chi connectivity index (χ1) is 8.79. The summed E-state index contributed by atoms with van der Waals surface area (Å²) in [4.78, 5) is 15.6. The number of nitrogens with one attached hydrogen (secondary N) is 2. The summed E-state index contributed by atoms with van der Waals surface area (Å²) < 4.78 is 5.16. The highest BCUT2D eigenvalue weighted by molar-refractivity contribution is 5.81. The van der Waals surface area contributed by atoms with E-state index in [0.29, 0.717) is 18.8 Å². The first kappa shape index (κ1) is 12.3. The molecule has 0 saturated heterocycles. The number of nitrogens with zero attached hydrogens (tertiary/aromatic N) is 1. The number of ether oxygens (including phenoxy) is 1. The highest BCUT2D eigenvalue weighted by Crippen LogP contribution is 2.18. The summed E-state index contributed by atoms with van der Waals surface area (Å²) in [7, 11) is 1.82. The van der Waals surface area contributed by atoms with E-state index in [-0.39, 0.29) is 0 Å². The first-order valence-corrected chi connectivity index (χ1v) is 5.74. The molecule has 0 radical (unpaired) electrons. The van der Waals surface area contributed by atoms with Crippen molar-refractivity contribution in [1.29, 1.82) is 0 Å². The van der Waals surface area contributed by atoms with Crippen LogP contribution in [0.1, 0.15) is 0 Å². The molecule has 0 unspecified atom stereocenters. The fourth-order valence-electron chi connectivity index (χ4n) is 1.55. The molecular formula is C13H15N3O2. The van der Waals surface area contributed by atoms with E-state index in [2.05, 4.69) is 15.6 Å². The van der Waals surface area contributed by atoms with Crippen molar-refractivity contribution in [1.82, 2.24) is 15.6 Å². The Bertz CT molecular complexity index is 543. The molecule has 0 fully saturated rings. The van der Waals surface area contributed by atoms with Crippen molar-refractivity contribution in [2.45, 2.75) is 0 Å². The molecule has 94 valence electrons. The Hall–Kier alpha value is -2.14. The van der Waals surface area contributed by atoms with Gasteiger partial charge in [0, 0.05) is 24.7 Å². The van der Waals surface area contributed by atoms with Crippen LogP contribution in [0.3, 0.4) is 0 Å². The zero-order chi connectivity index (χ0) is 12.8. The molecule has 0 saturated carbocycles. The summed E-state index contributed by atoms with van der Waals surface area (Å²) in [5.41, 5.74) is 0.875. The van der Waals surface area contributed by atoms with E-state index in [1.807, 2.05) is 25.2 Å². The first-order valence-electron chi connectivity index (χ1n) is 5.74. The number of fused-ring (bicyclic) bond motifs is 1. The molecule has 0 bridgehead atoms. The maximum Gasteiger partial charge on any atom is 0.412 e. The average molecular weight is 245 g/mol. The lowest BCUT2D eigenvalue weighted by Gasteiger charge is -2.06. The number of carbonyl (C=O) groups excluding carboxylic acids is 1. The van der Waals surface area contributed by atoms with Gasteiger partial charge in [0.15, 0.2) is 0 Å². The summed E-state index contributed by atoms with van der Waals surface area (Å²) >= 11 is 0. The molecule has 18 heavy (non-hydrogen) atoms. The molecule has 1 aromatic carbocycles. The Labute approximate surface area is 105 Å². The number of hydrogen-bond donors (Lipinski definition) is 2. The molecule has 0 spiro atoms. The normalized spacial score (nSPS) is 10.3. The van der Waals surface area contributed by atoms with Gasteiger partial charge < -0.3 is 15.4 Å². The fraction of sp³-hybridized carbons (Fsp3) is 0.231. The Morgan fingerprint density at radius 3 is 3.06 bits per heavy atom. The van der Waals surface area contributed by atoms with Gasteiger partial charge in [-0.15, -0.1) is 0 Å². The van der Waals surface area contributed by atoms with Gasteiger partial charge in [-0.3, -0.25) is 4.98 Å². The molecule has 2 aromatic rings. The van der Waals surface area contributed by atoms with Crippen molar-refractivity contribution in [2.75, 3.05) is 20.1 Å². The molecule has 0 aliphatic carbocycles. The van der Waals surface area contributed by atoms with Crippen molar-refractivity contribution in [3.63, 3.8) is 0 Å². The molecule has 0 aliphatic rings. The van der Waals surface area contributed by atoms with Crippen LogP contribution in [-0.2, 0) is 0 Å². The molecule has 5 nitrogen and oxygen atoms in total. The van der Waals surface area contributed by atoms with Crippen molar-refractivity contribution >= 4 is 17.0 Å². The molecule has 2 N–H and O–H groups in total. The van der Waals surface area contributed by atoms with Gasteiger partial charge >= 0.3 is 6.09 Å². The van der Waals surface area contributed by atoms with Gasteiger partial charge in [0.25, 0.3) is 0 Å². The molecule has 1 amide bonds. The van der Waals surface area contributed by atoms with E-state index < -0.39 is 6.09 Å². The summed E-state index contributed by atoms with van der Waals surface area (Å²) in [6.07, 6.45) is 1.28. The lowest BCUT2D eigenvalue weighted by molar-refractivity contribution is 0.200. The third-order valence-corrected chi connectivity index (χ3v) is 2.43. The molecule has 0 aliphatic heterocycles. The Kier molecular flexibility index (Phi) is 4.09. The Morgan fingerprint density at radius 2 is 2.22 bits per heavy atom. The van der Waals surface area contributed by atoms with E-state index >= 15 is 0 Å². The largest absolute Gasteiger partial charge is 0.412 e. The molecule has 0 atom stereocenters. The van der Waals surface area contributed by atoms with Crippen LogP contribution >= 0.6 is 0 Å². The average Bonchev–Trinajstić information content (AvgIpc) is 2.39. The second kappa shape index (κ2) is 5.97. The van der Waals surface area contributed by atoms with E-state index in [1.54, 1.807) is 18.3 Å². The Balaban J connectivity index is 2.01. The highest BCUT2D eigenvalue weighted by atomic mass is 16.6. The van der Waals surface area contributed by atoms with Crippen LogP contribution in [0.25, 0.3) is 10.9 Å². The quantitative estimate of drug-likeness (QED) is 0.802. The van der Waals surface area contributed by atoms with Crippen molar-refractivity contribution < 1.29 is 9.53 Å². The van der Waals surface area contributed by atoms with Gasteiger partial charge in [-0.2, -0.15) is 0 Å². The standard InChI is InChI=1S/C13H15N3O2/c1-14-7-8-16-13(17)18-11-4-5-12-10(9-11)3-2-6-15-12/h2-6,9,14H,7-8H2,1H3,(H,16,17). The summed E-state index contributed by atoms with van der Waals surface area (Å²) in [5, 5.41) is 6.52. The predicted molar refractivity (Wildman–Crippen MR) is 69.7 cm³/mol. The van der Waals surface area contributed by atoms with Crippen LogP contribution in [0.4, 0.5) is 4.79 Å². The second-order valence-corrected chi connectivity index (χ2v) is 3.78. The minimum Gasteiger partial charge on any atom is -0.410 e. The van der Waals surface area contributed by atoms with Crippen LogP contribution in [0.15, 0.2) is 36.5 Å². The Morgan fingerprint density at radius 1 is 1.33 bits per heavy atom. The van der Waals surface area contributed by atoms with E-state index in [1.165, 1.54) is 0 Å². The third kappa shape index (κ3) is 3.18. The summed E-state index contributed by atoms with van der Waals surface area (Å²) in [5.74, 6) is 0.512. The lowest BCUT2D eigenvalue weighted by atomic mass is 10.2.